The number of rotatable bonds is 0. The van der Waals surface area contributed by atoms with Crippen molar-refractivity contribution < 1.29 is 0 Å². The van der Waals surface area contributed by atoms with Gasteiger partial charge < -0.3 is 0 Å². The number of fused-ring (bicyclic) bond motifs is 1. The lowest BCUT2D eigenvalue weighted by Gasteiger charge is -2.30. The third kappa shape index (κ3) is 0.980. The van der Waals surface area contributed by atoms with Gasteiger partial charge in [-0.25, -0.2) is 0 Å². The standard InChI is InChI=1S/C10H17/c1-8-4-2-5-9-6-3-7-10(8)9/h8-9H,2-7H2,1H3. The van der Waals surface area contributed by atoms with Crippen LogP contribution < -0.4 is 0 Å². The lowest BCUT2D eigenvalue weighted by Crippen LogP contribution is -2.19. The molecule has 2 fully saturated rings. The molecule has 57 valence electrons. The molecule has 1 radical (unpaired) electrons. The predicted molar refractivity (Wildman–Crippen MR) is 43.6 cm³/mol. The van der Waals surface area contributed by atoms with Crippen LogP contribution in [-0.2, 0) is 0 Å². The Balaban J connectivity index is 2.03. The molecule has 0 amide bonds. The summed E-state index contributed by atoms with van der Waals surface area (Å²) >= 11 is 0. The molecule has 0 aromatic rings. The first-order valence-electron chi connectivity index (χ1n) is 4.73. The van der Waals surface area contributed by atoms with E-state index in [0.29, 0.717) is 0 Å². The van der Waals surface area contributed by atoms with Crippen molar-refractivity contribution >= 4 is 0 Å². The monoisotopic (exact) mass is 137 g/mol. The molecule has 0 N–H and O–H groups in total. The third-order valence-electron chi connectivity index (χ3n) is 3.37. The molecule has 10 heavy (non-hydrogen) atoms. The van der Waals surface area contributed by atoms with E-state index in [4.69, 9.17) is 0 Å². The normalized spacial score (nSPS) is 41.7. The van der Waals surface area contributed by atoms with Gasteiger partial charge in [0.05, 0.1) is 0 Å². The second-order valence-electron chi connectivity index (χ2n) is 4.00. The molecule has 0 bridgehead atoms. The Bertz CT molecular complexity index is 117. The largest absolute Gasteiger partial charge is 0.0619 e. The molecule has 2 aliphatic carbocycles. The first-order valence-corrected chi connectivity index (χ1v) is 4.73. The van der Waals surface area contributed by atoms with Gasteiger partial charge in [-0.05, 0) is 37.0 Å². The van der Waals surface area contributed by atoms with E-state index in [1.165, 1.54) is 38.5 Å². The molecular formula is C10H17. The summed E-state index contributed by atoms with van der Waals surface area (Å²) in [5, 5.41) is 0. The van der Waals surface area contributed by atoms with Gasteiger partial charge in [-0.3, -0.25) is 0 Å². The highest BCUT2D eigenvalue weighted by molar-refractivity contribution is 5.07. The van der Waals surface area contributed by atoms with Gasteiger partial charge in [0.2, 0.25) is 0 Å². The number of hydrogen-bond donors (Lipinski definition) is 0. The molecule has 2 atom stereocenters. The van der Waals surface area contributed by atoms with Gasteiger partial charge in [0.25, 0.3) is 0 Å². The zero-order valence-corrected chi connectivity index (χ0v) is 6.90. The highest BCUT2D eigenvalue weighted by Crippen LogP contribution is 2.46. The Labute approximate surface area is 64.0 Å². The molecule has 2 aliphatic rings. The molecule has 2 unspecified atom stereocenters. The van der Waals surface area contributed by atoms with Crippen LogP contribution in [0.15, 0.2) is 0 Å². The zero-order chi connectivity index (χ0) is 6.97. The molecule has 0 aromatic carbocycles. The van der Waals surface area contributed by atoms with Crippen LogP contribution >= 0.6 is 0 Å². The maximum absolute atomic E-state index is 2.42. The summed E-state index contributed by atoms with van der Waals surface area (Å²) in [5.74, 6) is 3.95. The highest BCUT2D eigenvalue weighted by atomic mass is 14.4. The fraction of sp³-hybridized carbons (Fsp3) is 0.900. The average Bonchev–Trinajstić information content (AvgIpc) is 2.36. The molecule has 0 spiro atoms. The zero-order valence-electron chi connectivity index (χ0n) is 6.90. The van der Waals surface area contributed by atoms with E-state index in [-0.39, 0.29) is 0 Å². The SMILES string of the molecule is CC1CCCC2CCC[C]12. The van der Waals surface area contributed by atoms with Gasteiger partial charge in [-0.15, -0.1) is 0 Å². The number of hydrogen-bond acceptors (Lipinski definition) is 0. The molecule has 0 aliphatic heterocycles. The van der Waals surface area contributed by atoms with Crippen molar-refractivity contribution in [1.82, 2.24) is 0 Å². The van der Waals surface area contributed by atoms with Gasteiger partial charge in [0.1, 0.15) is 0 Å². The second kappa shape index (κ2) is 2.56. The Morgan fingerprint density at radius 2 is 1.90 bits per heavy atom. The minimum atomic E-state index is 0.973. The molecule has 0 nitrogen and oxygen atoms in total. The van der Waals surface area contributed by atoms with E-state index >= 15 is 0 Å². The Kier molecular flexibility index (Phi) is 1.71. The first-order chi connectivity index (χ1) is 4.88. The molecular weight excluding hydrogens is 120 g/mol. The van der Waals surface area contributed by atoms with Crippen molar-refractivity contribution in [1.29, 1.82) is 0 Å². The molecule has 2 saturated carbocycles. The highest BCUT2D eigenvalue weighted by Gasteiger charge is 2.34. The minimum Gasteiger partial charge on any atom is -0.0619 e. The van der Waals surface area contributed by atoms with Crippen molar-refractivity contribution in [3.63, 3.8) is 0 Å². The van der Waals surface area contributed by atoms with Crippen LogP contribution in [0.2, 0.25) is 0 Å². The van der Waals surface area contributed by atoms with Gasteiger partial charge in [0.15, 0.2) is 0 Å². The van der Waals surface area contributed by atoms with Crippen LogP contribution in [0.3, 0.4) is 0 Å². The average molecular weight is 137 g/mol. The van der Waals surface area contributed by atoms with Crippen LogP contribution in [0.5, 0.6) is 0 Å². The first kappa shape index (κ1) is 6.69. The summed E-state index contributed by atoms with van der Waals surface area (Å²) in [6.45, 7) is 2.42. The molecule has 0 saturated heterocycles. The third-order valence-corrected chi connectivity index (χ3v) is 3.37. The van der Waals surface area contributed by atoms with Gasteiger partial charge in [-0.1, -0.05) is 26.2 Å². The van der Waals surface area contributed by atoms with E-state index in [1.807, 2.05) is 5.92 Å². The van der Waals surface area contributed by atoms with Gasteiger partial charge in [0, 0.05) is 0 Å². The molecule has 2 rings (SSSR count). The van der Waals surface area contributed by atoms with Crippen molar-refractivity contribution in [3.8, 4) is 0 Å². The summed E-state index contributed by atoms with van der Waals surface area (Å²) in [6.07, 6.45) is 8.96. The van der Waals surface area contributed by atoms with Crippen molar-refractivity contribution in [2.45, 2.75) is 45.4 Å². The van der Waals surface area contributed by atoms with Crippen molar-refractivity contribution in [2.75, 3.05) is 0 Å². The van der Waals surface area contributed by atoms with Gasteiger partial charge in [-0.2, -0.15) is 0 Å². The molecule has 0 heteroatoms. The van der Waals surface area contributed by atoms with Crippen LogP contribution in [-0.4, -0.2) is 0 Å². The summed E-state index contributed by atoms with van der Waals surface area (Å²) < 4.78 is 0. The Morgan fingerprint density at radius 1 is 1.10 bits per heavy atom. The van der Waals surface area contributed by atoms with E-state index < -0.39 is 0 Å². The van der Waals surface area contributed by atoms with E-state index in [9.17, 15) is 0 Å². The maximum Gasteiger partial charge on any atom is -0.0182 e. The quantitative estimate of drug-likeness (QED) is 0.481. The molecule has 0 heterocycles. The topological polar surface area (TPSA) is 0 Å². The van der Waals surface area contributed by atoms with Crippen LogP contribution in [0.4, 0.5) is 0 Å². The predicted octanol–water partition coefficient (Wildman–Crippen LogP) is 3.18. The fourth-order valence-electron chi connectivity index (χ4n) is 2.78. The lowest BCUT2D eigenvalue weighted by molar-refractivity contribution is 0.341. The fourth-order valence-corrected chi connectivity index (χ4v) is 2.78. The summed E-state index contributed by atoms with van der Waals surface area (Å²) in [5.41, 5.74) is 0. The summed E-state index contributed by atoms with van der Waals surface area (Å²) in [6, 6.07) is 0. The van der Waals surface area contributed by atoms with Gasteiger partial charge >= 0.3 is 0 Å². The second-order valence-corrected chi connectivity index (χ2v) is 4.00. The lowest BCUT2D eigenvalue weighted by atomic mass is 9.75. The minimum absolute atomic E-state index is 0.973. The van der Waals surface area contributed by atoms with Crippen LogP contribution in [0.25, 0.3) is 0 Å². The van der Waals surface area contributed by atoms with E-state index in [1.54, 1.807) is 0 Å². The van der Waals surface area contributed by atoms with Crippen molar-refractivity contribution in [2.24, 2.45) is 11.8 Å². The van der Waals surface area contributed by atoms with Crippen molar-refractivity contribution in [3.05, 3.63) is 5.92 Å². The Morgan fingerprint density at radius 3 is 2.70 bits per heavy atom. The van der Waals surface area contributed by atoms with E-state index in [2.05, 4.69) is 6.92 Å². The maximum atomic E-state index is 2.42. The van der Waals surface area contributed by atoms with Crippen LogP contribution in [0, 0.1) is 17.8 Å². The summed E-state index contributed by atoms with van der Waals surface area (Å²) in [4.78, 5) is 0. The summed E-state index contributed by atoms with van der Waals surface area (Å²) in [7, 11) is 0. The van der Waals surface area contributed by atoms with E-state index in [0.717, 1.165) is 11.8 Å². The Hall–Kier alpha value is 0. The molecule has 0 aromatic heterocycles. The van der Waals surface area contributed by atoms with Crippen LogP contribution in [0.1, 0.15) is 45.4 Å². The smallest absolute Gasteiger partial charge is 0.0182 e.